The molecule has 0 fully saturated rings. The van der Waals surface area contributed by atoms with E-state index in [0.717, 1.165) is 12.1 Å². The first kappa shape index (κ1) is 13.8. The fourth-order valence-electron chi connectivity index (χ4n) is 1.42. The van der Waals surface area contributed by atoms with Gasteiger partial charge in [0.15, 0.2) is 11.5 Å². The van der Waals surface area contributed by atoms with Crippen molar-refractivity contribution in [2.24, 2.45) is 0 Å². The van der Waals surface area contributed by atoms with Crippen molar-refractivity contribution in [3.05, 3.63) is 17.9 Å². The lowest BCUT2D eigenvalue weighted by Crippen LogP contribution is -2.32. The Morgan fingerprint density at radius 2 is 2.00 bits per heavy atom. The summed E-state index contributed by atoms with van der Waals surface area (Å²) in [6.07, 6.45) is -0.167. The maximum absolute atomic E-state index is 13.3. The van der Waals surface area contributed by atoms with Crippen LogP contribution in [-0.4, -0.2) is 29.9 Å². The second kappa shape index (κ2) is 5.88. The summed E-state index contributed by atoms with van der Waals surface area (Å²) in [6, 6.07) is 2.18. The Hall–Kier alpha value is -1.27. The van der Waals surface area contributed by atoms with E-state index in [1.165, 1.54) is 0 Å². The van der Waals surface area contributed by atoms with Gasteiger partial charge in [-0.1, -0.05) is 0 Å². The van der Waals surface area contributed by atoms with Gasteiger partial charge in [-0.05, 0) is 26.8 Å². The molecule has 0 aliphatic rings. The first-order valence-corrected chi connectivity index (χ1v) is 5.44. The van der Waals surface area contributed by atoms with Crippen LogP contribution in [0.2, 0.25) is 0 Å². The standard InChI is InChI=1S/C11H16BFO4/c1-4-16-11-9(12(14)15)5-8(13)6-10(11)17-7(2)3/h5-7,14-15H,4H2,1-3H3. The first-order valence-electron chi connectivity index (χ1n) is 5.44. The van der Waals surface area contributed by atoms with Crippen molar-refractivity contribution in [1.82, 2.24) is 0 Å². The molecule has 0 aliphatic heterocycles. The summed E-state index contributed by atoms with van der Waals surface area (Å²) in [7, 11) is -1.80. The lowest BCUT2D eigenvalue weighted by atomic mass is 9.79. The largest absolute Gasteiger partial charge is 0.492 e. The van der Waals surface area contributed by atoms with E-state index in [9.17, 15) is 4.39 Å². The topological polar surface area (TPSA) is 58.9 Å². The van der Waals surface area contributed by atoms with Crippen molar-refractivity contribution in [2.75, 3.05) is 6.61 Å². The van der Waals surface area contributed by atoms with Gasteiger partial charge in [-0.2, -0.15) is 0 Å². The highest BCUT2D eigenvalue weighted by molar-refractivity contribution is 6.59. The van der Waals surface area contributed by atoms with Gasteiger partial charge >= 0.3 is 7.12 Å². The van der Waals surface area contributed by atoms with Crippen LogP contribution >= 0.6 is 0 Å². The number of hydrogen-bond acceptors (Lipinski definition) is 4. The lowest BCUT2D eigenvalue weighted by Gasteiger charge is -2.17. The predicted octanol–water partition coefficient (Wildman–Crippen LogP) is 0.691. The predicted molar refractivity (Wildman–Crippen MR) is 63.2 cm³/mol. The average molecular weight is 242 g/mol. The molecule has 4 nitrogen and oxygen atoms in total. The Morgan fingerprint density at radius 3 is 2.47 bits per heavy atom. The molecule has 1 aromatic carbocycles. The molecule has 0 saturated carbocycles. The molecule has 0 amide bonds. The lowest BCUT2D eigenvalue weighted by molar-refractivity contribution is 0.223. The van der Waals surface area contributed by atoms with Gasteiger partial charge < -0.3 is 19.5 Å². The Morgan fingerprint density at radius 1 is 1.35 bits per heavy atom. The molecular formula is C11H16BFO4. The zero-order valence-electron chi connectivity index (χ0n) is 10.1. The van der Waals surface area contributed by atoms with Gasteiger partial charge in [-0.15, -0.1) is 0 Å². The number of hydrogen-bond donors (Lipinski definition) is 2. The van der Waals surface area contributed by atoms with Crippen molar-refractivity contribution in [1.29, 1.82) is 0 Å². The summed E-state index contributed by atoms with van der Waals surface area (Å²) in [5.41, 5.74) is -0.0394. The Balaban J connectivity index is 3.24. The third-order valence-corrected chi connectivity index (χ3v) is 1.98. The summed E-state index contributed by atoms with van der Waals surface area (Å²) < 4.78 is 24.0. The highest BCUT2D eigenvalue weighted by Gasteiger charge is 2.23. The van der Waals surface area contributed by atoms with Crippen LogP contribution in [0.5, 0.6) is 11.5 Å². The molecule has 0 atom stereocenters. The molecule has 0 unspecified atom stereocenters. The van der Waals surface area contributed by atoms with Crippen LogP contribution in [0.1, 0.15) is 20.8 Å². The van der Waals surface area contributed by atoms with Crippen LogP contribution < -0.4 is 14.9 Å². The third-order valence-electron chi connectivity index (χ3n) is 1.98. The van der Waals surface area contributed by atoms with Gasteiger partial charge in [0.1, 0.15) is 5.82 Å². The van der Waals surface area contributed by atoms with Gasteiger partial charge in [0, 0.05) is 11.5 Å². The SMILES string of the molecule is CCOc1c(OC(C)C)cc(F)cc1B(O)O. The normalized spacial score (nSPS) is 10.5. The molecule has 0 spiro atoms. The van der Waals surface area contributed by atoms with Gasteiger partial charge in [0.2, 0.25) is 0 Å². The summed E-state index contributed by atoms with van der Waals surface area (Å²) in [4.78, 5) is 0. The number of ether oxygens (including phenoxy) is 2. The molecule has 0 radical (unpaired) electrons. The van der Waals surface area contributed by atoms with E-state index in [1.807, 2.05) is 0 Å². The fraction of sp³-hybridized carbons (Fsp3) is 0.455. The number of halogens is 1. The minimum atomic E-state index is -1.80. The molecule has 1 rings (SSSR count). The van der Waals surface area contributed by atoms with Crippen LogP contribution in [-0.2, 0) is 0 Å². The van der Waals surface area contributed by atoms with Gasteiger partial charge in [0.25, 0.3) is 0 Å². The van der Waals surface area contributed by atoms with Crippen LogP contribution in [0.3, 0.4) is 0 Å². The Bertz CT molecular complexity index is 382. The van der Waals surface area contributed by atoms with E-state index in [1.54, 1.807) is 20.8 Å². The van der Waals surface area contributed by atoms with Gasteiger partial charge in [-0.3, -0.25) is 0 Å². The highest BCUT2D eigenvalue weighted by Crippen LogP contribution is 2.27. The number of benzene rings is 1. The zero-order chi connectivity index (χ0) is 13.0. The van der Waals surface area contributed by atoms with E-state index >= 15 is 0 Å². The first-order chi connectivity index (χ1) is 7.95. The van der Waals surface area contributed by atoms with Crippen LogP contribution in [0, 0.1) is 5.82 Å². The molecule has 0 bridgehead atoms. The smallest absolute Gasteiger partial charge is 0.490 e. The maximum Gasteiger partial charge on any atom is 0.492 e. The number of rotatable bonds is 5. The Labute approximate surface area is 100 Å². The average Bonchev–Trinajstić information content (AvgIpc) is 2.20. The van der Waals surface area contributed by atoms with E-state index in [4.69, 9.17) is 19.5 Å². The van der Waals surface area contributed by atoms with Crippen molar-refractivity contribution in [3.8, 4) is 11.5 Å². The van der Waals surface area contributed by atoms with E-state index < -0.39 is 12.9 Å². The molecule has 0 aliphatic carbocycles. The minimum absolute atomic E-state index is 0.0394. The highest BCUT2D eigenvalue weighted by atomic mass is 19.1. The summed E-state index contributed by atoms with van der Waals surface area (Å²) in [5.74, 6) is -0.269. The zero-order valence-corrected chi connectivity index (χ0v) is 10.1. The van der Waals surface area contributed by atoms with Crippen molar-refractivity contribution in [2.45, 2.75) is 26.9 Å². The van der Waals surface area contributed by atoms with Crippen molar-refractivity contribution < 1.29 is 23.9 Å². The van der Waals surface area contributed by atoms with Crippen molar-refractivity contribution in [3.63, 3.8) is 0 Å². The minimum Gasteiger partial charge on any atom is -0.490 e. The second-order valence-corrected chi connectivity index (χ2v) is 3.80. The van der Waals surface area contributed by atoms with E-state index in [-0.39, 0.29) is 23.1 Å². The van der Waals surface area contributed by atoms with E-state index in [2.05, 4.69) is 0 Å². The molecule has 6 heteroatoms. The van der Waals surface area contributed by atoms with Crippen LogP contribution in [0.25, 0.3) is 0 Å². The Kier molecular flexibility index (Phi) is 4.78. The molecule has 0 heterocycles. The van der Waals surface area contributed by atoms with Crippen LogP contribution in [0.15, 0.2) is 12.1 Å². The monoisotopic (exact) mass is 242 g/mol. The molecule has 0 aromatic heterocycles. The molecular weight excluding hydrogens is 226 g/mol. The molecule has 0 saturated heterocycles. The summed E-state index contributed by atoms with van der Waals surface area (Å²) in [6.45, 7) is 5.64. The van der Waals surface area contributed by atoms with Crippen molar-refractivity contribution >= 4 is 12.6 Å². The maximum atomic E-state index is 13.3. The molecule has 17 heavy (non-hydrogen) atoms. The summed E-state index contributed by atoms with van der Waals surface area (Å²) >= 11 is 0. The summed E-state index contributed by atoms with van der Waals surface area (Å²) in [5, 5.41) is 18.3. The quantitative estimate of drug-likeness (QED) is 0.746. The molecule has 1 aromatic rings. The third kappa shape index (κ3) is 3.61. The van der Waals surface area contributed by atoms with Gasteiger partial charge in [0.05, 0.1) is 12.7 Å². The molecule has 94 valence electrons. The molecule has 2 N–H and O–H groups in total. The second-order valence-electron chi connectivity index (χ2n) is 3.80. The van der Waals surface area contributed by atoms with Crippen LogP contribution in [0.4, 0.5) is 4.39 Å². The van der Waals surface area contributed by atoms with E-state index in [0.29, 0.717) is 6.61 Å². The fourth-order valence-corrected chi connectivity index (χ4v) is 1.42. The van der Waals surface area contributed by atoms with Gasteiger partial charge in [-0.25, -0.2) is 4.39 Å².